The van der Waals surface area contributed by atoms with Crippen LogP contribution in [0, 0.1) is 6.92 Å². The molecular weight excluding hydrogens is 278 g/mol. The van der Waals surface area contributed by atoms with Gasteiger partial charge < -0.3 is 14.6 Å². The summed E-state index contributed by atoms with van der Waals surface area (Å²) in [6, 6.07) is 9.69. The molecule has 2 heterocycles. The van der Waals surface area contributed by atoms with Crippen LogP contribution in [0.3, 0.4) is 0 Å². The molecule has 3 rings (SSSR count). The first-order valence-electron chi connectivity index (χ1n) is 7.58. The Labute approximate surface area is 130 Å². The summed E-state index contributed by atoms with van der Waals surface area (Å²) in [7, 11) is 1.56. The zero-order valence-corrected chi connectivity index (χ0v) is 13.0. The highest BCUT2D eigenvalue weighted by Gasteiger charge is 2.25. The minimum absolute atomic E-state index is 0.0843. The third-order valence-electron chi connectivity index (χ3n) is 4.04. The van der Waals surface area contributed by atoms with Crippen molar-refractivity contribution in [2.75, 3.05) is 7.11 Å². The van der Waals surface area contributed by atoms with Crippen molar-refractivity contribution in [3.63, 3.8) is 0 Å². The lowest BCUT2D eigenvalue weighted by molar-refractivity contribution is -0.132. The van der Waals surface area contributed by atoms with Gasteiger partial charge in [0.15, 0.2) is 6.10 Å². The molecule has 0 saturated carbocycles. The van der Waals surface area contributed by atoms with E-state index in [0.717, 1.165) is 36.5 Å². The maximum Gasteiger partial charge on any atom is 0.254 e. The lowest BCUT2D eigenvalue weighted by atomic mass is 10.1. The number of methoxy groups -OCH3 is 1. The maximum absolute atomic E-state index is 12.5. The largest absolute Gasteiger partial charge is 0.367 e. The van der Waals surface area contributed by atoms with Crippen LogP contribution in [0.25, 0.3) is 0 Å². The molecule has 1 N–H and O–H groups in total. The van der Waals surface area contributed by atoms with Gasteiger partial charge in [0.2, 0.25) is 0 Å². The number of ether oxygens (including phenoxy) is 1. The number of carbonyl (C=O) groups excluding carboxylic acids is 1. The predicted octanol–water partition coefficient (Wildman–Crippen LogP) is 2.01. The van der Waals surface area contributed by atoms with Crippen LogP contribution in [0.1, 0.15) is 29.6 Å². The average Bonchev–Trinajstić information content (AvgIpc) is 2.88. The number of aryl methyl sites for hydroxylation is 2. The number of benzene rings is 1. The van der Waals surface area contributed by atoms with Crippen molar-refractivity contribution in [1.29, 1.82) is 0 Å². The molecule has 2 aromatic rings. The third-order valence-corrected chi connectivity index (χ3v) is 4.04. The highest BCUT2D eigenvalue weighted by atomic mass is 16.5. The Morgan fingerprint density at radius 1 is 1.41 bits per heavy atom. The zero-order valence-electron chi connectivity index (χ0n) is 13.0. The number of rotatable bonds is 4. The number of aromatic nitrogens is 2. The van der Waals surface area contributed by atoms with Crippen LogP contribution < -0.4 is 5.32 Å². The van der Waals surface area contributed by atoms with Crippen molar-refractivity contribution in [2.45, 2.75) is 38.5 Å². The third kappa shape index (κ3) is 3.04. The zero-order chi connectivity index (χ0) is 15.5. The average molecular weight is 299 g/mol. The molecule has 0 spiro atoms. The van der Waals surface area contributed by atoms with Gasteiger partial charge in [0.1, 0.15) is 5.82 Å². The highest BCUT2D eigenvalue weighted by Crippen LogP contribution is 2.19. The minimum Gasteiger partial charge on any atom is -0.367 e. The van der Waals surface area contributed by atoms with Gasteiger partial charge in [-0.05, 0) is 18.9 Å². The van der Waals surface area contributed by atoms with Crippen LogP contribution in [0.15, 0.2) is 36.5 Å². The smallest absolute Gasteiger partial charge is 0.254 e. The van der Waals surface area contributed by atoms with Gasteiger partial charge in [-0.3, -0.25) is 4.79 Å². The van der Waals surface area contributed by atoms with Gasteiger partial charge in [0.05, 0.1) is 5.69 Å². The van der Waals surface area contributed by atoms with Crippen molar-refractivity contribution >= 4 is 5.91 Å². The minimum atomic E-state index is -0.563. The Balaban J connectivity index is 1.67. The Bertz CT molecular complexity index is 651. The van der Waals surface area contributed by atoms with Gasteiger partial charge in [-0.15, -0.1) is 0 Å². The SMILES string of the molecule is CO[C@H](C(=O)N[C@@H]1CCc2nc(C)cn2C1)c1ccccc1. The second kappa shape index (κ2) is 6.32. The van der Waals surface area contributed by atoms with E-state index in [1.54, 1.807) is 7.11 Å². The molecule has 1 aliphatic heterocycles. The lowest BCUT2D eigenvalue weighted by Crippen LogP contribution is -2.43. The predicted molar refractivity (Wildman–Crippen MR) is 83.4 cm³/mol. The fourth-order valence-electron chi connectivity index (χ4n) is 3.00. The maximum atomic E-state index is 12.5. The number of amides is 1. The molecule has 0 bridgehead atoms. The number of nitrogens with one attached hydrogen (secondary N) is 1. The van der Waals surface area contributed by atoms with Crippen LogP contribution in [0.5, 0.6) is 0 Å². The highest BCUT2D eigenvalue weighted by molar-refractivity contribution is 5.82. The molecule has 1 amide bonds. The summed E-state index contributed by atoms with van der Waals surface area (Å²) < 4.78 is 7.52. The fraction of sp³-hybridized carbons (Fsp3) is 0.412. The number of carbonyl (C=O) groups is 1. The molecule has 1 aromatic carbocycles. The van der Waals surface area contributed by atoms with Gasteiger partial charge in [-0.1, -0.05) is 30.3 Å². The van der Waals surface area contributed by atoms with Crippen molar-refractivity contribution < 1.29 is 9.53 Å². The monoisotopic (exact) mass is 299 g/mol. The molecule has 0 aliphatic carbocycles. The molecule has 5 heteroatoms. The summed E-state index contributed by atoms with van der Waals surface area (Å²) in [6.45, 7) is 2.77. The Morgan fingerprint density at radius 2 is 2.18 bits per heavy atom. The molecule has 2 atom stereocenters. The molecule has 22 heavy (non-hydrogen) atoms. The summed E-state index contributed by atoms with van der Waals surface area (Å²) in [5.74, 6) is 1.02. The van der Waals surface area contributed by atoms with Crippen molar-refractivity contribution in [3.8, 4) is 0 Å². The molecule has 116 valence electrons. The molecule has 0 fully saturated rings. The van der Waals surface area contributed by atoms with E-state index in [4.69, 9.17) is 4.74 Å². The van der Waals surface area contributed by atoms with Crippen molar-refractivity contribution in [3.05, 3.63) is 53.6 Å². The van der Waals surface area contributed by atoms with E-state index in [1.807, 2.05) is 43.5 Å². The second-order valence-corrected chi connectivity index (χ2v) is 5.72. The van der Waals surface area contributed by atoms with E-state index in [9.17, 15) is 4.79 Å². The Kier molecular flexibility index (Phi) is 4.24. The number of fused-ring (bicyclic) bond motifs is 1. The van der Waals surface area contributed by atoms with Gasteiger partial charge in [-0.25, -0.2) is 4.98 Å². The summed E-state index contributed by atoms with van der Waals surface area (Å²) in [5.41, 5.74) is 1.90. The molecule has 1 aromatic heterocycles. The van der Waals surface area contributed by atoms with Crippen molar-refractivity contribution in [1.82, 2.24) is 14.9 Å². The molecule has 5 nitrogen and oxygen atoms in total. The number of nitrogens with zero attached hydrogens (tertiary/aromatic N) is 2. The quantitative estimate of drug-likeness (QED) is 0.939. The standard InChI is InChI=1S/C17H21N3O2/c1-12-10-20-11-14(8-9-15(20)18-12)19-17(21)16(22-2)13-6-4-3-5-7-13/h3-7,10,14,16H,8-9,11H2,1-2H3,(H,19,21)/t14-,16+/m1/s1. The van der Waals surface area contributed by atoms with E-state index in [1.165, 1.54) is 0 Å². The van der Waals surface area contributed by atoms with Crippen LogP contribution in [-0.4, -0.2) is 28.6 Å². The number of hydrogen-bond acceptors (Lipinski definition) is 3. The fourth-order valence-corrected chi connectivity index (χ4v) is 3.00. The number of hydrogen-bond donors (Lipinski definition) is 1. The van der Waals surface area contributed by atoms with Crippen LogP contribution in [-0.2, 0) is 22.5 Å². The molecule has 0 saturated heterocycles. The van der Waals surface area contributed by atoms with Crippen LogP contribution in [0.4, 0.5) is 0 Å². The Morgan fingerprint density at radius 3 is 2.91 bits per heavy atom. The van der Waals surface area contributed by atoms with Crippen LogP contribution in [0.2, 0.25) is 0 Å². The van der Waals surface area contributed by atoms with E-state index in [2.05, 4.69) is 14.9 Å². The lowest BCUT2D eigenvalue weighted by Gasteiger charge is -2.26. The van der Waals surface area contributed by atoms with Crippen molar-refractivity contribution in [2.24, 2.45) is 0 Å². The summed E-state index contributed by atoms with van der Waals surface area (Å²) in [5, 5.41) is 3.11. The first kappa shape index (κ1) is 14.8. The first-order valence-corrected chi connectivity index (χ1v) is 7.58. The van der Waals surface area contributed by atoms with E-state index in [0.29, 0.717) is 0 Å². The second-order valence-electron chi connectivity index (χ2n) is 5.72. The van der Waals surface area contributed by atoms with E-state index >= 15 is 0 Å². The number of imidazole rings is 1. The van der Waals surface area contributed by atoms with E-state index in [-0.39, 0.29) is 11.9 Å². The molecule has 0 unspecified atom stereocenters. The molecule has 0 radical (unpaired) electrons. The normalized spacial score (nSPS) is 18.5. The topological polar surface area (TPSA) is 56.1 Å². The van der Waals surface area contributed by atoms with Gasteiger partial charge in [-0.2, -0.15) is 0 Å². The molecular formula is C17H21N3O2. The van der Waals surface area contributed by atoms with E-state index < -0.39 is 6.10 Å². The van der Waals surface area contributed by atoms with Gasteiger partial charge >= 0.3 is 0 Å². The Hall–Kier alpha value is -2.14. The summed E-state index contributed by atoms with van der Waals surface area (Å²) in [4.78, 5) is 17.0. The van der Waals surface area contributed by atoms with Gasteiger partial charge in [0.25, 0.3) is 5.91 Å². The summed E-state index contributed by atoms with van der Waals surface area (Å²) >= 11 is 0. The van der Waals surface area contributed by atoms with Crippen LogP contribution >= 0.6 is 0 Å². The summed E-state index contributed by atoms with van der Waals surface area (Å²) in [6.07, 6.45) is 3.28. The molecule has 1 aliphatic rings. The van der Waals surface area contributed by atoms with Gasteiger partial charge in [0, 0.05) is 32.3 Å². The first-order chi connectivity index (χ1) is 10.7.